The molecule has 2 aromatic carbocycles. The van der Waals surface area contributed by atoms with E-state index >= 15 is 0 Å². The summed E-state index contributed by atoms with van der Waals surface area (Å²) in [7, 11) is 1.35. The number of pyridine rings is 1. The number of rotatable bonds is 4. The summed E-state index contributed by atoms with van der Waals surface area (Å²) in [4.78, 5) is 26.0. The normalized spacial score (nSPS) is 11.9. The van der Waals surface area contributed by atoms with E-state index in [0.29, 0.717) is 34.6 Å². The molecule has 3 aromatic heterocycles. The number of aromatic nitrogens is 3. The van der Waals surface area contributed by atoms with Crippen LogP contribution in [0.15, 0.2) is 47.3 Å². The zero-order valence-electron chi connectivity index (χ0n) is 19.9. The molecule has 0 spiro atoms. The minimum absolute atomic E-state index is 0.101. The van der Waals surface area contributed by atoms with Crippen molar-refractivity contribution in [1.82, 2.24) is 13.5 Å². The van der Waals surface area contributed by atoms with Crippen molar-refractivity contribution >= 4 is 44.5 Å². The lowest BCUT2D eigenvalue weighted by molar-refractivity contribution is 0.0601. The third-order valence-corrected chi connectivity index (χ3v) is 6.35. The number of hydrogen-bond acceptors (Lipinski definition) is 4. The number of imidazole rings is 1. The second-order valence-corrected chi connectivity index (χ2v) is 9.36. The largest absolute Gasteiger partial charge is 0.465 e. The molecule has 0 atom stereocenters. The summed E-state index contributed by atoms with van der Waals surface area (Å²) in [6.07, 6.45) is 0. The Labute approximate surface area is 196 Å². The molecular formula is C27H26N4O3. The minimum atomic E-state index is -0.435. The fourth-order valence-corrected chi connectivity index (χ4v) is 5.05. The summed E-state index contributed by atoms with van der Waals surface area (Å²) in [5.74, 6) is -0.122. The Morgan fingerprint density at radius 2 is 1.74 bits per heavy atom. The fraction of sp³-hybridized carbons (Fsp3) is 0.296. The van der Waals surface area contributed by atoms with E-state index < -0.39 is 5.97 Å². The molecule has 0 amide bonds. The first-order chi connectivity index (χ1) is 16.3. The third-order valence-electron chi connectivity index (χ3n) is 6.35. The standard InChI is InChI=1S/C27H26N4O3/c1-15(2)14-29-21-11-10-17(27(33)34-5)12-22(21)31-24(29)20(13-28)23-18-8-6-7-9-19(18)26(32)30(16(3)4)25(23)31/h6-12,15-16H,14H2,1-5H3. The zero-order valence-corrected chi connectivity index (χ0v) is 19.9. The van der Waals surface area contributed by atoms with Gasteiger partial charge in [-0.25, -0.2) is 4.79 Å². The van der Waals surface area contributed by atoms with Crippen molar-refractivity contribution in [3.63, 3.8) is 0 Å². The van der Waals surface area contributed by atoms with E-state index in [1.807, 2.05) is 48.6 Å². The quantitative estimate of drug-likeness (QED) is 0.347. The Balaban J connectivity index is 2.16. The van der Waals surface area contributed by atoms with Crippen LogP contribution in [0.3, 0.4) is 0 Å². The number of methoxy groups -OCH3 is 1. The fourth-order valence-electron chi connectivity index (χ4n) is 5.05. The van der Waals surface area contributed by atoms with Crippen molar-refractivity contribution < 1.29 is 9.53 Å². The van der Waals surface area contributed by atoms with Crippen molar-refractivity contribution in [1.29, 1.82) is 5.26 Å². The molecule has 34 heavy (non-hydrogen) atoms. The van der Waals surface area contributed by atoms with Crippen LogP contribution in [0.2, 0.25) is 0 Å². The molecule has 0 radical (unpaired) electrons. The van der Waals surface area contributed by atoms with Crippen LogP contribution in [0, 0.1) is 17.2 Å². The summed E-state index contributed by atoms with van der Waals surface area (Å²) >= 11 is 0. The predicted octanol–water partition coefficient (Wildman–Crippen LogP) is 5.26. The van der Waals surface area contributed by atoms with Crippen molar-refractivity contribution in [2.45, 2.75) is 40.3 Å². The summed E-state index contributed by atoms with van der Waals surface area (Å²) in [5, 5.41) is 12.5. The van der Waals surface area contributed by atoms with Gasteiger partial charge in [0.25, 0.3) is 5.56 Å². The summed E-state index contributed by atoms with van der Waals surface area (Å²) in [6.45, 7) is 8.86. The van der Waals surface area contributed by atoms with Crippen molar-refractivity contribution in [3.05, 3.63) is 63.9 Å². The molecule has 0 unspecified atom stereocenters. The van der Waals surface area contributed by atoms with Gasteiger partial charge in [-0.15, -0.1) is 0 Å². The predicted molar refractivity (Wildman–Crippen MR) is 133 cm³/mol. The highest BCUT2D eigenvalue weighted by Crippen LogP contribution is 2.37. The van der Waals surface area contributed by atoms with Crippen LogP contribution in [0.5, 0.6) is 0 Å². The van der Waals surface area contributed by atoms with Crippen LogP contribution in [0.25, 0.3) is 38.5 Å². The minimum Gasteiger partial charge on any atom is -0.465 e. The highest BCUT2D eigenvalue weighted by Gasteiger charge is 2.27. The molecular weight excluding hydrogens is 428 g/mol. The topological polar surface area (TPSA) is 81.4 Å². The molecule has 0 bridgehead atoms. The monoisotopic (exact) mass is 454 g/mol. The van der Waals surface area contributed by atoms with Gasteiger partial charge >= 0.3 is 5.97 Å². The van der Waals surface area contributed by atoms with Crippen LogP contribution >= 0.6 is 0 Å². The molecule has 0 aliphatic carbocycles. The first-order valence-corrected chi connectivity index (χ1v) is 11.4. The van der Waals surface area contributed by atoms with Gasteiger partial charge in [-0.1, -0.05) is 32.0 Å². The van der Waals surface area contributed by atoms with Gasteiger partial charge in [0.05, 0.1) is 23.7 Å². The van der Waals surface area contributed by atoms with Crippen LogP contribution in [-0.4, -0.2) is 26.6 Å². The van der Waals surface area contributed by atoms with E-state index in [2.05, 4.69) is 24.5 Å². The molecule has 7 heteroatoms. The second-order valence-electron chi connectivity index (χ2n) is 9.36. The van der Waals surface area contributed by atoms with Crippen LogP contribution in [0.1, 0.15) is 49.7 Å². The van der Waals surface area contributed by atoms with Gasteiger partial charge in [0.15, 0.2) is 0 Å². The lowest BCUT2D eigenvalue weighted by Crippen LogP contribution is -2.23. The van der Waals surface area contributed by atoms with E-state index in [9.17, 15) is 14.9 Å². The Hall–Kier alpha value is -4.05. The number of benzene rings is 2. The van der Waals surface area contributed by atoms with Crippen LogP contribution in [-0.2, 0) is 11.3 Å². The van der Waals surface area contributed by atoms with Crippen molar-refractivity contribution in [3.8, 4) is 6.07 Å². The number of hydrogen-bond donors (Lipinski definition) is 0. The van der Waals surface area contributed by atoms with Gasteiger partial charge in [-0.2, -0.15) is 5.26 Å². The van der Waals surface area contributed by atoms with Crippen LogP contribution < -0.4 is 5.56 Å². The second kappa shape index (κ2) is 7.77. The molecule has 0 N–H and O–H groups in total. The van der Waals surface area contributed by atoms with Gasteiger partial charge in [-0.05, 0) is 49.4 Å². The highest BCUT2D eigenvalue weighted by atomic mass is 16.5. The smallest absolute Gasteiger partial charge is 0.337 e. The van der Waals surface area contributed by atoms with E-state index in [1.165, 1.54) is 7.11 Å². The number of carbonyl (C=O) groups excluding carboxylic acids is 1. The van der Waals surface area contributed by atoms with E-state index in [0.717, 1.165) is 27.5 Å². The summed E-state index contributed by atoms with van der Waals surface area (Å²) < 4.78 is 10.8. The molecule has 3 heterocycles. The number of nitriles is 1. The van der Waals surface area contributed by atoms with Crippen molar-refractivity contribution in [2.75, 3.05) is 7.11 Å². The first kappa shape index (κ1) is 21.8. The molecule has 0 aliphatic heterocycles. The first-order valence-electron chi connectivity index (χ1n) is 11.4. The maximum absolute atomic E-state index is 13.7. The average molecular weight is 455 g/mol. The molecule has 7 nitrogen and oxygen atoms in total. The molecule has 5 aromatic rings. The lowest BCUT2D eigenvalue weighted by atomic mass is 10.1. The van der Waals surface area contributed by atoms with Gasteiger partial charge < -0.3 is 9.30 Å². The van der Waals surface area contributed by atoms with Gasteiger partial charge in [0.2, 0.25) is 0 Å². The van der Waals surface area contributed by atoms with Gasteiger partial charge in [0, 0.05) is 23.4 Å². The Bertz CT molecular complexity index is 1720. The Morgan fingerprint density at radius 1 is 1.03 bits per heavy atom. The van der Waals surface area contributed by atoms with E-state index in [1.54, 1.807) is 16.7 Å². The lowest BCUT2D eigenvalue weighted by Gasteiger charge is -2.15. The maximum atomic E-state index is 13.7. The summed E-state index contributed by atoms with van der Waals surface area (Å²) in [6, 6.07) is 15.2. The molecule has 5 rings (SSSR count). The Kier molecular flexibility index (Phi) is 4.98. The van der Waals surface area contributed by atoms with E-state index in [-0.39, 0.29) is 11.6 Å². The number of ether oxygens (including phenoxy) is 1. The number of fused-ring (bicyclic) bond motifs is 7. The number of esters is 1. The van der Waals surface area contributed by atoms with Gasteiger partial charge in [-0.3, -0.25) is 13.8 Å². The highest BCUT2D eigenvalue weighted by molar-refractivity contribution is 6.13. The van der Waals surface area contributed by atoms with E-state index in [4.69, 9.17) is 4.74 Å². The molecule has 172 valence electrons. The number of nitrogens with zero attached hydrogens (tertiary/aromatic N) is 4. The molecule has 0 aliphatic rings. The SMILES string of the molecule is COC(=O)c1ccc2c(c1)n1c3c(c(C#N)c1n2CC(C)C)c1ccccc1c(=O)n3C(C)C. The maximum Gasteiger partial charge on any atom is 0.337 e. The Morgan fingerprint density at radius 3 is 2.35 bits per heavy atom. The molecule has 0 saturated carbocycles. The third kappa shape index (κ3) is 2.88. The molecule has 0 saturated heterocycles. The average Bonchev–Trinajstić information content (AvgIpc) is 3.31. The zero-order chi connectivity index (χ0) is 24.3. The van der Waals surface area contributed by atoms with Crippen molar-refractivity contribution in [2.24, 2.45) is 5.92 Å². The van der Waals surface area contributed by atoms with Crippen LogP contribution in [0.4, 0.5) is 0 Å². The number of carbonyl (C=O) groups is 1. The molecule has 0 fully saturated rings. The summed E-state index contributed by atoms with van der Waals surface area (Å²) in [5.41, 5.74) is 3.89. The van der Waals surface area contributed by atoms with Gasteiger partial charge in [0.1, 0.15) is 22.9 Å².